The molecule has 2 aromatic carbocycles. The van der Waals surface area contributed by atoms with E-state index in [4.69, 9.17) is 4.98 Å². The van der Waals surface area contributed by atoms with Gasteiger partial charge in [-0.05, 0) is 62.2 Å². The highest BCUT2D eigenvalue weighted by Gasteiger charge is 2.13. The first kappa shape index (κ1) is 17.9. The maximum atomic E-state index is 12.4. The van der Waals surface area contributed by atoms with Gasteiger partial charge in [-0.15, -0.1) is 0 Å². The summed E-state index contributed by atoms with van der Waals surface area (Å²) >= 11 is 0. The first-order valence-corrected chi connectivity index (χ1v) is 9.07. The Hall–Kier alpha value is -3.54. The zero-order valence-electron chi connectivity index (χ0n) is 16.3. The molecule has 0 unspecified atom stereocenters. The molecule has 140 valence electrons. The number of hydrogen-bond donors (Lipinski definition) is 1. The van der Waals surface area contributed by atoms with Crippen LogP contribution in [0.25, 0.3) is 22.3 Å². The van der Waals surface area contributed by atoms with E-state index in [9.17, 15) is 4.79 Å². The monoisotopic (exact) mass is 371 g/mol. The number of nitrogens with one attached hydrogen (secondary N) is 1. The summed E-state index contributed by atoms with van der Waals surface area (Å²) in [7, 11) is 1.74. The number of nitrogens with zero attached hydrogens (tertiary/aromatic N) is 4. The van der Waals surface area contributed by atoms with Gasteiger partial charge >= 0.3 is 0 Å². The lowest BCUT2D eigenvalue weighted by Gasteiger charge is -2.11. The summed E-state index contributed by atoms with van der Waals surface area (Å²) in [5.74, 6) is 0.482. The van der Waals surface area contributed by atoms with Crippen molar-refractivity contribution in [3.63, 3.8) is 0 Å². The van der Waals surface area contributed by atoms with Gasteiger partial charge in [0.25, 0.3) is 5.91 Å². The summed E-state index contributed by atoms with van der Waals surface area (Å²) < 4.78 is 1.55. The van der Waals surface area contributed by atoms with Crippen LogP contribution in [-0.2, 0) is 7.05 Å². The van der Waals surface area contributed by atoms with E-state index in [0.717, 1.165) is 33.3 Å². The first-order chi connectivity index (χ1) is 13.4. The molecule has 2 heterocycles. The highest BCUT2D eigenvalue weighted by atomic mass is 16.2. The number of benzene rings is 2. The molecule has 0 spiro atoms. The van der Waals surface area contributed by atoms with Crippen molar-refractivity contribution in [2.24, 2.45) is 7.05 Å². The van der Waals surface area contributed by atoms with Gasteiger partial charge < -0.3 is 5.32 Å². The Balaban J connectivity index is 1.65. The van der Waals surface area contributed by atoms with E-state index in [-0.39, 0.29) is 5.91 Å². The fourth-order valence-corrected chi connectivity index (χ4v) is 3.37. The summed E-state index contributed by atoms with van der Waals surface area (Å²) in [4.78, 5) is 21.7. The SMILES string of the molecule is Cc1cc(C)c2nc(-c3ccc(NC(=O)c4ccnn4C)c(C)c3)ncc2c1. The van der Waals surface area contributed by atoms with Crippen LogP contribution in [0.3, 0.4) is 0 Å². The van der Waals surface area contributed by atoms with Crippen LogP contribution < -0.4 is 5.32 Å². The summed E-state index contributed by atoms with van der Waals surface area (Å²) in [6.07, 6.45) is 3.47. The molecule has 0 fully saturated rings. The number of hydrogen-bond acceptors (Lipinski definition) is 4. The largest absolute Gasteiger partial charge is 0.320 e. The second-order valence-corrected chi connectivity index (χ2v) is 7.04. The standard InChI is InChI=1S/C22H21N5O/c1-13-9-15(3)20-17(10-13)12-23-21(26-20)16-5-6-18(14(2)11-16)25-22(28)19-7-8-24-27(19)4/h5-12H,1-4H3,(H,25,28). The van der Waals surface area contributed by atoms with E-state index < -0.39 is 0 Å². The van der Waals surface area contributed by atoms with Crippen LogP contribution in [-0.4, -0.2) is 25.7 Å². The smallest absolute Gasteiger partial charge is 0.273 e. The van der Waals surface area contributed by atoms with Crippen molar-refractivity contribution in [1.29, 1.82) is 0 Å². The van der Waals surface area contributed by atoms with Crippen LogP contribution in [0.1, 0.15) is 27.2 Å². The molecular weight excluding hydrogens is 350 g/mol. The highest BCUT2D eigenvalue weighted by molar-refractivity contribution is 6.03. The minimum absolute atomic E-state index is 0.191. The number of carbonyl (C=O) groups is 1. The maximum absolute atomic E-state index is 12.4. The Morgan fingerprint density at radius 2 is 1.86 bits per heavy atom. The lowest BCUT2D eigenvalue weighted by atomic mass is 10.1. The van der Waals surface area contributed by atoms with Gasteiger partial charge in [-0.2, -0.15) is 5.10 Å². The van der Waals surface area contributed by atoms with E-state index in [0.29, 0.717) is 11.5 Å². The van der Waals surface area contributed by atoms with Gasteiger partial charge in [0.15, 0.2) is 5.82 Å². The average molecular weight is 371 g/mol. The number of amides is 1. The molecule has 0 bridgehead atoms. The molecule has 0 radical (unpaired) electrons. The Morgan fingerprint density at radius 3 is 2.57 bits per heavy atom. The Labute approximate surface area is 163 Å². The lowest BCUT2D eigenvalue weighted by molar-refractivity contribution is 0.101. The highest BCUT2D eigenvalue weighted by Crippen LogP contribution is 2.25. The predicted molar refractivity (Wildman–Crippen MR) is 110 cm³/mol. The Bertz CT molecular complexity index is 1210. The summed E-state index contributed by atoms with van der Waals surface area (Å²) in [5, 5.41) is 8.01. The zero-order chi connectivity index (χ0) is 19.8. The molecule has 0 saturated carbocycles. The molecule has 0 saturated heterocycles. The van der Waals surface area contributed by atoms with E-state index in [1.165, 1.54) is 5.56 Å². The van der Waals surface area contributed by atoms with Crippen LogP contribution >= 0.6 is 0 Å². The summed E-state index contributed by atoms with van der Waals surface area (Å²) in [5.41, 5.74) is 6.41. The quantitative estimate of drug-likeness (QED) is 0.585. The average Bonchev–Trinajstić information content (AvgIpc) is 3.09. The number of fused-ring (bicyclic) bond motifs is 1. The van der Waals surface area contributed by atoms with Crippen LogP contribution in [0.5, 0.6) is 0 Å². The number of aromatic nitrogens is 4. The van der Waals surface area contributed by atoms with Gasteiger partial charge in [0.05, 0.1) is 5.52 Å². The minimum Gasteiger partial charge on any atom is -0.320 e. The number of rotatable bonds is 3. The fraction of sp³-hybridized carbons (Fsp3) is 0.182. The fourth-order valence-electron chi connectivity index (χ4n) is 3.37. The van der Waals surface area contributed by atoms with Gasteiger partial charge in [-0.1, -0.05) is 11.6 Å². The first-order valence-electron chi connectivity index (χ1n) is 9.07. The Morgan fingerprint density at radius 1 is 1.04 bits per heavy atom. The molecule has 1 amide bonds. The Kier molecular flexibility index (Phi) is 4.39. The molecule has 6 heteroatoms. The van der Waals surface area contributed by atoms with Gasteiger partial charge in [0, 0.05) is 36.1 Å². The minimum atomic E-state index is -0.191. The summed E-state index contributed by atoms with van der Waals surface area (Å²) in [6, 6.07) is 11.7. The molecule has 4 rings (SSSR count). The molecule has 28 heavy (non-hydrogen) atoms. The van der Waals surface area contributed by atoms with Gasteiger partial charge in [-0.25, -0.2) is 9.97 Å². The van der Waals surface area contributed by atoms with Crippen LogP contribution in [0, 0.1) is 20.8 Å². The van der Waals surface area contributed by atoms with Crippen molar-refractivity contribution in [2.75, 3.05) is 5.32 Å². The third-order valence-electron chi connectivity index (χ3n) is 4.80. The van der Waals surface area contributed by atoms with E-state index in [1.54, 1.807) is 24.0 Å². The van der Waals surface area contributed by atoms with Crippen molar-refractivity contribution < 1.29 is 4.79 Å². The molecule has 0 atom stereocenters. The third kappa shape index (κ3) is 3.24. The topological polar surface area (TPSA) is 72.7 Å². The lowest BCUT2D eigenvalue weighted by Crippen LogP contribution is -2.16. The number of aryl methyl sites for hydroxylation is 4. The van der Waals surface area contributed by atoms with E-state index in [1.807, 2.05) is 31.3 Å². The van der Waals surface area contributed by atoms with Crippen LogP contribution in [0.15, 0.2) is 48.8 Å². The van der Waals surface area contributed by atoms with Crippen molar-refractivity contribution >= 4 is 22.5 Å². The number of carbonyl (C=O) groups excluding carboxylic acids is 1. The molecule has 0 aliphatic carbocycles. The molecule has 0 aliphatic rings. The van der Waals surface area contributed by atoms with E-state index in [2.05, 4.69) is 41.4 Å². The van der Waals surface area contributed by atoms with Gasteiger partial charge in [-0.3, -0.25) is 9.48 Å². The molecule has 6 nitrogen and oxygen atoms in total. The predicted octanol–water partition coefficient (Wildman–Crippen LogP) is 4.21. The van der Waals surface area contributed by atoms with Gasteiger partial charge in [0.2, 0.25) is 0 Å². The van der Waals surface area contributed by atoms with Crippen molar-refractivity contribution in [2.45, 2.75) is 20.8 Å². The second-order valence-electron chi connectivity index (χ2n) is 7.04. The molecule has 4 aromatic rings. The van der Waals surface area contributed by atoms with Crippen molar-refractivity contribution in [3.8, 4) is 11.4 Å². The molecule has 2 aromatic heterocycles. The third-order valence-corrected chi connectivity index (χ3v) is 4.80. The number of anilines is 1. The summed E-state index contributed by atoms with van der Waals surface area (Å²) in [6.45, 7) is 6.09. The molecule has 0 aliphatic heterocycles. The van der Waals surface area contributed by atoms with Crippen LogP contribution in [0.2, 0.25) is 0 Å². The van der Waals surface area contributed by atoms with Crippen LogP contribution in [0.4, 0.5) is 5.69 Å². The zero-order valence-corrected chi connectivity index (χ0v) is 16.3. The maximum Gasteiger partial charge on any atom is 0.273 e. The van der Waals surface area contributed by atoms with Crippen molar-refractivity contribution in [3.05, 3.63) is 71.2 Å². The molecular formula is C22H21N5O. The van der Waals surface area contributed by atoms with E-state index >= 15 is 0 Å². The molecule has 1 N–H and O–H groups in total. The second kappa shape index (κ2) is 6.88. The van der Waals surface area contributed by atoms with Gasteiger partial charge in [0.1, 0.15) is 5.69 Å². The normalized spacial score (nSPS) is 11.0. The van der Waals surface area contributed by atoms with Crippen molar-refractivity contribution in [1.82, 2.24) is 19.7 Å².